The number of nitrogens with zero attached hydrogens (tertiary/aromatic N) is 2. The molecule has 0 aliphatic carbocycles. The van der Waals surface area contributed by atoms with Gasteiger partial charge in [0, 0.05) is 30.2 Å². The van der Waals surface area contributed by atoms with E-state index in [-0.39, 0.29) is 22.7 Å². The standard InChI is InChI=1S/C23H25F2N3O5/c1-13(14-6-5-7-15(8-14)23(24,25)12-31-2)26-21-16-9-17(22(30)33-4)19(32-3)10-18(16)27-20(11-29)28-21/h5-10,13,29H,11-12H2,1-4H3,(H,26,27,28)/t13-/m1/s1. The molecule has 0 bridgehead atoms. The fraction of sp³-hybridized carbons (Fsp3) is 0.348. The predicted molar refractivity (Wildman–Crippen MR) is 118 cm³/mol. The van der Waals surface area contributed by atoms with Crippen LogP contribution in [0.5, 0.6) is 5.75 Å². The number of rotatable bonds is 9. The van der Waals surface area contributed by atoms with Gasteiger partial charge in [0.2, 0.25) is 0 Å². The molecule has 1 aromatic heterocycles. The number of carbonyl (C=O) groups excluding carboxylic acids is 1. The van der Waals surface area contributed by atoms with Gasteiger partial charge in [0.25, 0.3) is 5.92 Å². The summed E-state index contributed by atoms with van der Waals surface area (Å²) in [5, 5.41) is 13.3. The molecule has 0 saturated heterocycles. The molecule has 0 radical (unpaired) electrons. The lowest BCUT2D eigenvalue weighted by molar-refractivity contribution is -0.0698. The van der Waals surface area contributed by atoms with Crippen LogP contribution in [0.1, 0.15) is 40.3 Å². The van der Waals surface area contributed by atoms with E-state index in [4.69, 9.17) is 9.47 Å². The number of methoxy groups -OCH3 is 3. The molecular weight excluding hydrogens is 436 g/mol. The number of esters is 1. The monoisotopic (exact) mass is 461 g/mol. The van der Waals surface area contributed by atoms with Crippen LogP contribution in [-0.2, 0) is 22.0 Å². The average molecular weight is 461 g/mol. The Morgan fingerprint density at radius 3 is 2.58 bits per heavy atom. The van der Waals surface area contributed by atoms with Gasteiger partial charge >= 0.3 is 5.97 Å². The second-order valence-corrected chi connectivity index (χ2v) is 7.34. The maximum absolute atomic E-state index is 14.3. The topological polar surface area (TPSA) is 103 Å². The number of hydrogen-bond acceptors (Lipinski definition) is 8. The van der Waals surface area contributed by atoms with E-state index in [1.54, 1.807) is 25.1 Å². The SMILES string of the molecule is COCC(F)(F)c1cccc([C@@H](C)Nc2nc(CO)nc3cc(OC)c(C(=O)OC)cc23)c1. The molecule has 0 fully saturated rings. The van der Waals surface area contributed by atoms with Gasteiger partial charge in [-0.3, -0.25) is 0 Å². The molecule has 8 nitrogen and oxygen atoms in total. The first-order valence-electron chi connectivity index (χ1n) is 10.1. The van der Waals surface area contributed by atoms with Gasteiger partial charge in [0.15, 0.2) is 5.82 Å². The van der Waals surface area contributed by atoms with Crippen LogP contribution in [0.15, 0.2) is 36.4 Å². The molecule has 2 aromatic carbocycles. The highest BCUT2D eigenvalue weighted by Crippen LogP contribution is 2.33. The first-order valence-corrected chi connectivity index (χ1v) is 10.1. The fourth-order valence-electron chi connectivity index (χ4n) is 3.41. The number of fused-ring (bicyclic) bond motifs is 1. The second-order valence-electron chi connectivity index (χ2n) is 7.34. The van der Waals surface area contributed by atoms with E-state index in [0.717, 1.165) is 0 Å². The van der Waals surface area contributed by atoms with Gasteiger partial charge in [-0.1, -0.05) is 18.2 Å². The summed E-state index contributed by atoms with van der Waals surface area (Å²) in [6, 6.07) is 8.62. The Morgan fingerprint density at radius 2 is 1.94 bits per heavy atom. The van der Waals surface area contributed by atoms with E-state index >= 15 is 0 Å². The Balaban J connectivity index is 2.05. The molecule has 0 unspecified atom stereocenters. The van der Waals surface area contributed by atoms with E-state index < -0.39 is 31.1 Å². The lowest BCUT2D eigenvalue weighted by Crippen LogP contribution is -2.20. The quantitative estimate of drug-likeness (QED) is 0.464. The number of carbonyl (C=O) groups is 1. The number of aromatic nitrogens is 2. The van der Waals surface area contributed by atoms with Gasteiger partial charge in [0.1, 0.15) is 30.3 Å². The summed E-state index contributed by atoms with van der Waals surface area (Å²) in [6.07, 6.45) is 0. The average Bonchev–Trinajstić information content (AvgIpc) is 2.82. The normalized spacial score (nSPS) is 12.5. The van der Waals surface area contributed by atoms with Crippen molar-refractivity contribution >= 4 is 22.7 Å². The van der Waals surface area contributed by atoms with Crippen molar-refractivity contribution in [1.29, 1.82) is 0 Å². The number of alkyl halides is 2. The van der Waals surface area contributed by atoms with Crippen LogP contribution in [0.25, 0.3) is 10.9 Å². The summed E-state index contributed by atoms with van der Waals surface area (Å²) in [7, 11) is 3.89. The Hall–Kier alpha value is -3.37. The predicted octanol–water partition coefficient (Wildman–Crippen LogP) is 3.83. The number of benzene rings is 2. The summed E-state index contributed by atoms with van der Waals surface area (Å²) in [5.74, 6) is -3.03. The maximum atomic E-state index is 14.3. The van der Waals surface area contributed by atoms with Crippen LogP contribution < -0.4 is 10.1 Å². The van der Waals surface area contributed by atoms with E-state index in [1.807, 2.05) is 0 Å². The number of halogens is 2. The van der Waals surface area contributed by atoms with Crippen molar-refractivity contribution in [2.75, 3.05) is 33.3 Å². The highest BCUT2D eigenvalue weighted by Gasteiger charge is 2.32. The lowest BCUT2D eigenvalue weighted by atomic mass is 10.0. The van der Waals surface area contributed by atoms with E-state index in [0.29, 0.717) is 22.3 Å². The van der Waals surface area contributed by atoms with Gasteiger partial charge in [0.05, 0.1) is 19.7 Å². The molecule has 33 heavy (non-hydrogen) atoms. The zero-order chi connectivity index (χ0) is 24.2. The van der Waals surface area contributed by atoms with Crippen LogP contribution in [0, 0.1) is 0 Å². The third-order valence-corrected chi connectivity index (χ3v) is 5.10. The lowest BCUT2D eigenvalue weighted by Gasteiger charge is -2.20. The van der Waals surface area contributed by atoms with Gasteiger partial charge in [-0.05, 0) is 24.6 Å². The van der Waals surface area contributed by atoms with Gasteiger partial charge in [-0.15, -0.1) is 0 Å². The number of aliphatic hydroxyl groups is 1. The van der Waals surface area contributed by atoms with Gasteiger partial charge in [-0.2, -0.15) is 8.78 Å². The molecule has 1 atom stereocenters. The van der Waals surface area contributed by atoms with Crippen molar-refractivity contribution in [2.24, 2.45) is 0 Å². The van der Waals surface area contributed by atoms with Crippen molar-refractivity contribution < 1.29 is 32.9 Å². The van der Waals surface area contributed by atoms with Gasteiger partial charge < -0.3 is 24.6 Å². The summed E-state index contributed by atoms with van der Waals surface area (Å²) >= 11 is 0. The van der Waals surface area contributed by atoms with Crippen molar-refractivity contribution in [3.05, 3.63) is 58.9 Å². The minimum Gasteiger partial charge on any atom is -0.496 e. The summed E-state index contributed by atoms with van der Waals surface area (Å²) < 4.78 is 43.4. The van der Waals surface area contributed by atoms with Crippen molar-refractivity contribution in [1.82, 2.24) is 9.97 Å². The van der Waals surface area contributed by atoms with Gasteiger partial charge in [-0.25, -0.2) is 14.8 Å². The molecule has 3 rings (SSSR count). The largest absolute Gasteiger partial charge is 0.496 e. The Labute approximate surface area is 189 Å². The van der Waals surface area contributed by atoms with E-state index in [9.17, 15) is 18.7 Å². The zero-order valence-corrected chi connectivity index (χ0v) is 18.7. The number of anilines is 1. The molecule has 0 aliphatic rings. The molecule has 0 spiro atoms. The first kappa shape index (κ1) is 24.3. The van der Waals surface area contributed by atoms with Crippen LogP contribution in [0.2, 0.25) is 0 Å². The number of aliphatic hydroxyl groups excluding tert-OH is 1. The highest BCUT2D eigenvalue weighted by molar-refractivity contribution is 6.00. The van der Waals surface area contributed by atoms with Crippen LogP contribution in [0.4, 0.5) is 14.6 Å². The Morgan fingerprint density at radius 1 is 1.18 bits per heavy atom. The molecule has 10 heteroatoms. The molecular formula is C23H25F2N3O5. The minimum atomic E-state index is -3.14. The molecule has 2 N–H and O–H groups in total. The van der Waals surface area contributed by atoms with Crippen molar-refractivity contribution in [3.63, 3.8) is 0 Å². The third kappa shape index (κ3) is 5.18. The molecule has 0 saturated carbocycles. The van der Waals surface area contributed by atoms with Crippen molar-refractivity contribution in [2.45, 2.75) is 25.5 Å². The molecule has 0 amide bonds. The second kappa shape index (κ2) is 10.1. The maximum Gasteiger partial charge on any atom is 0.341 e. The number of hydrogen-bond donors (Lipinski definition) is 2. The van der Waals surface area contributed by atoms with Crippen molar-refractivity contribution in [3.8, 4) is 5.75 Å². The van der Waals surface area contributed by atoms with Crippen LogP contribution in [-0.4, -0.2) is 49.0 Å². The van der Waals surface area contributed by atoms with E-state index in [2.05, 4.69) is 20.0 Å². The van der Waals surface area contributed by atoms with Crippen LogP contribution in [0.3, 0.4) is 0 Å². The third-order valence-electron chi connectivity index (χ3n) is 5.10. The molecule has 3 aromatic rings. The zero-order valence-electron chi connectivity index (χ0n) is 18.7. The number of ether oxygens (including phenoxy) is 3. The molecule has 1 heterocycles. The summed E-state index contributed by atoms with van der Waals surface area (Å²) in [6.45, 7) is 0.635. The first-order chi connectivity index (χ1) is 15.7. The Bertz CT molecular complexity index is 1160. The molecule has 0 aliphatic heterocycles. The van der Waals surface area contributed by atoms with E-state index in [1.165, 1.54) is 39.5 Å². The smallest absolute Gasteiger partial charge is 0.341 e. The fourth-order valence-corrected chi connectivity index (χ4v) is 3.41. The highest BCUT2D eigenvalue weighted by atomic mass is 19.3. The summed E-state index contributed by atoms with van der Waals surface area (Å²) in [5.41, 5.74) is 1.01. The summed E-state index contributed by atoms with van der Waals surface area (Å²) in [4.78, 5) is 20.8. The molecule has 176 valence electrons. The number of nitrogens with one attached hydrogen (secondary N) is 1. The van der Waals surface area contributed by atoms with Crippen LogP contribution >= 0.6 is 0 Å². The Kier molecular flexibility index (Phi) is 7.39. The minimum absolute atomic E-state index is 0.144.